The molecule has 6 heavy (non-hydrogen) atoms. The number of hydrogen-bond donors (Lipinski definition) is 0. The molecule has 2 saturated carbocycles. The maximum Gasteiger partial charge on any atom is 0.0276 e. The molecule has 0 saturated heterocycles. The van der Waals surface area contributed by atoms with Crippen molar-refractivity contribution in [3.63, 3.8) is 0 Å². The Morgan fingerprint density at radius 3 is 2.33 bits per heavy atom. The Morgan fingerprint density at radius 1 is 1.67 bits per heavy atom. The molecule has 0 amide bonds. The number of aliphatic imine (C=N–C) groups is 1. The van der Waals surface area contributed by atoms with E-state index in [1.165, 1.54) is 12.1 Å². The lowest BCUT2D eigenvalue weighted by Crippen LogP contribution is -1.79. The summed E-state index contributed by atoms with van der Waals surface area (Å²) >= 11 is 0. The molecule has 2 aliphatic rings. The van der Waals surface area contributed by atoms with Crippen molar-refractivity contribution in [2.24, 2.45) is 16.8 Å². The Labute approximate surface area is 37.1 Å². The van der Waals surface area contributed by atoms with Crippen LogP contribution < -0.4 is 0 Å². The van der Waals surface area contributed by atoms with Crippen LogP contribution in [0.1, 0.15) is 6.42 Å². The SMILES string of the molecule is CN=C1C2CC12. The highest BCUT2D eigenvalue weighted by atomic mass is 14.8. The van der Waals surface area contributed by atoms with Gasteiger partial charge in [-0.3, -0.25) is 4.99 Å². The van der Waals surface area contributed by atoms with Gasteiger partial charge in [-0.15, -0.1) is 0 Å². The molecule has 2 aliphatic carbocycles. The second kappa shape index (κ2) is 0.552. The fourth-order valence-electron chi connectivity index (χ4n) is 0.970. The molecule has 0 N–H and O–H groups in total. The predicted octanol–water partition coefficient (Wildman–Crippen LogP) is 0.707. The summed E-state index contributed by atoms with van der Waals surface area (Å²) in [5.41, 5.74) is 1.48. The topological polar surface area (TPSA) is 12.4 Å². The molecule has 0 aromatic rings. The molecule has 32 valence electrons. The van der Waals surface area contributed by atoms with Gasteiger partial charge in [0, 0.05) is 24.6 Å². The lowest BCUT2D eigenvalue weighted by atomic mass is 10.4. The Bertz CT molecular complexity index is 105. The summed E-state index contributed by atoms with van der Waals surface area (Å²) in [6.45, 7) is 0. The maximum atomic E-state index is 4.05. The molecule has 0 aromatic carbocycles. The van der Waals surface area contributed by atoms with Crippen LogP contribution in [0.3, 0.4) is 0 Å². The molecule has 0 aliphatic heterocycles. The second-order valence-corrected chi connectivity index (χ2v) is 2.10. The van der Waals surface area contributed by atoms with Crippen molar-refractivity contribution in [1.82, 2.24) is 0 Å². The van der Waals surface area contributed by atoms with Crippen LogP contribution in [0.4, 0.5) is 0 Å². The van der Waals surface area contributed by atoms with E-state index >= 15 is 0 Å². The highest BCUT2D eigenvalue weighted by molar-refractivity contribution is 6.10. The number of rotatable bonds is 0. The molecule has 2 atom stereocenters. The van der Waals surface area contributed by atoms with E-state index in [0.29, 0.717) is 0 Å². The molecule has 0 radical (unpaired) electrons. The summed E-state index contributed by atoms with van der Waals surface area (Å²) in [7, 11) is 1.89. The number of hydrogen-bond acceptors (Lipinski definition) is 1. The van der Waals surface area contributed by atoms with Crippen LogP contribution in [0.2, 0.25) is 0 Å². The first-order valence-corrected chi connectivity index (χ1v) is 2.40. The Kier molecular flexibility index (Phi) is 0.256. The Hall–Kier alpha value is -0.330. The summed E-state index contributed by atoms with van der Waals surface area (Å²) in [6.07, 6.45) is 1.45. The third-order valence-electron chi connectivity index (χ3n) is 1.70. The lowest BCUT2D eigenvalue weighted by Gasteiger charge is -1.77. The monoisotopic (exact) mass is 81.1 g/mol. The molecule has 2 unspecified atom stereocenters. The van der Waals surface area contributed by atoms with Gasteiger partial charge in [0.25, 0.3) is 0 Å². The highest BCUT2D eigenvalue weighted by Crippen LogP contribution is 2.58. The van der Waals surface area contributed by atoms with E-state index < -0.39 is 0 Å². The van der Waals surface area contributed by atoms with Crippen LogP contribution in [0.5, 0.6) is 0 Å². The van der Waals surface area contributed by atoms with Crippen LogP contribution >= 0.6 is 0 Å². The van der Waals surface area contributed by atoms with Crippen LogP contribution in [0.25, 0.3) is 0 Å². The number of nitrogens with zero attached hydrogens (tertiary/aromatic N) is 1. The van der Waals surface area contributed by atoms with E-state index in [1.807, 2.05) is 7.05 Å². The Morgan fingerprint density at radius 2 is 2.33 bits per heavy atom. The van der Waals surface area contributed by atoms with Crippen LogP contribution in [0, 0.1) is 11.8 Å². The van der Waals surface area contributed by atoms with Gasteiger partial charge in [0.1, 0.15) is 0 Å². The molecule has 0 aromatic heterocycles. The van der Waals surface area contributed by atoms with Crippen molar-refractivity contribution in [2.45, 2.75) is 6.42 Å². The van der Waals surface area contributed by atoms with Crippen molar-refractivity contribution in [3.8, 4) is 0 Å². The summed E-state index contributed by atoms with van der Waals surface area (Å²) in [5, 5.41) is 0. The van der Waals surface area contributed by atoms with Crippen LogP contribution in [-0.2, 0) is 0 Å². The number of fused-ring (bicyclic) bond motifs is 1. The van der Waals surface area contributed by atoms with E-state index in [2.05, 4.69) is 4.99 Å². The van der Waals surface area contributed by atoms with E-state index in [9.17, 15) is 0 Å². The first-order valence-electron chi connectivity index (χ1n) is 2.40. The van der Waals surface area contributed by atoms with E-state index in [-0.39, 0.29) is 0 Å². The maximum absolute atomic E-state index is 4.05. The molecule has 1 heteroatoms. The van der Waals surface area contributed by atoms with Gasteiger partial charge in [-0.2, -0.15) is 0 Å². The molecule has 0 bridgehead atoms. The first-order chi connectivity index (χ1) is 2.93. The third-order valence-corrected chi connectivity index (χ3v) is 1.70. The molecule has 1 nitrogen and oxygen atoms in total. The van der Waals surface area contributed by atoms with Gasteiger partial charge >= 0.3 is 0 Å². The zero-order valence-corrected chi connectivity index (χ0v) is 3.81. The van der Waals surface area contributed by atoms with E-state index in [1.54, 1.807) is 0 Å². The summed E-state index contributed by atoms with van der Waals surface area (Å²) < 4.78 is 0. The minimum Gasteiger partial charge on any atom is -0.297 e. The largest absolute Gasteiger partial charge is 0.297 e. The first kappa shape index (κ1) is 2.78. The molecule has 2 rings (SSSR count). The minimum absolute atomic E-state index is 0.981. The quantitative estimate of drug-likeness (QED) is 0.407. The zero-order chi connectivity index (χ0) is 4.15. The standard InChI is InChI=1S/C5H7N/c1-6-5-3-2-4(3)5/h3-4H,2H2,1H3. The normalized spacial score (nSPS) is 47.8. The lowest BCUT2D eigenvalue weighted by molar-refractivity contribution is 1.21. The zero-order valence-electron chi connectivity index (χ0n) is 3.81. The van der Waals surface area contributed by atoms with Crippen molar-refractivity contribution >= 4 is 5.71 Å². The van der Waals surface area contributed by atoms with Crippen molar-refractivity contribution in [1.29, 1.82) is 0 Å². The Balaban J connectivity index is 2.24. The van der Waals surface area contributed by atoms with Crippen LogP contribution in [-0.4, -0.2) is 12.8 Å². The highest BCUT2D eigenvalue weighted by Gasteiger charge is 2.60. The van der Waals surface area contributed by atoms with Gasteiger partial charge in [-0.05, 0) is 6.42 Å². The van der Waals surface area contributed by atoms with Gasteiger partial charge < -0.3 is 0 Å². The predicted molar refractivity (Wildman–Crippen MR) is 25.0 cm³/mol. The van der Waals surface area contributed by atoms with Gasteiger partial charge in [-0.25, -0.2) is 0 Å². The van der Waals surface area contributed by atoms with Crippen molar-refractivity contribution < 1.29 is 0 Å². The van der Waals surface area contributed by atoms with Crippen molar-refractivity contribution in [3.05, 3.63) is 0 Å². The fraction of sp³-hybridized carbons (Fsp3) is 0.800. The van der Waals surface area contributed by atoms with Gasteiger partial charge in [0.2, 0.25) is 0 Å². The summed E-state index contributed by atoms with van der Waals surface area (Å²) in [4.78, 5) is 4.05. The van der Waals surface area contributed by atoms with Crippen LogP contribution in [0.15, 0.2) is 4.99 Å². The summed E-state index contributed by atoms with van der Waals surface area (Å²) in [5.74, 6) is 1.96. The third kappa shape index (κ3) is 0.140. The summed E-state index contributed by atoms with van der Waals surface area (Å²) in [6, 6.07) is 0. The molecule has 0 spiro atoms. The molecule has 0 heterocycles. The van der Waals surface area contributed by atoms with E-state index in [4.69, 9.17) is 0 Å². The average molecular weight is 81.1 g/mol. The fourth-order valence-corrected chi connectivity index (χ4v) is 0.970. The average Bonchev–Trinajstić information content (AvgIpc) is 2.12. The van der Waals surface area contributed by atoms with Crippen molar-refractivity contribution in [2.75, 3.05) is 7.05 Å². The van der Waals surface area contributed by atoms with Gasteiger partial charge in [0.15, 0.2) is 0 Å². The minimum atomic E-state index is 0.981. The van der Waals surface area contributed by atoms with Gasteiger partial charge in [-0.1, -0.05) is 0 Å². The smallest absolute Gasteiger partial charge is 0.0276 e. The second-order valence-electron chi connectivity index (χ2n) is 2.10. The van der Waals surface area contributed by atoms with Gasteiger partial charge in [0.05, 0.1) is 0 Å². The molecular formula is C5H7N. The van der Waals surface area contributed by atoms with E-state index in [0.717, 1.165) is 11.8 Å². The molecule has 2 fully saturated rings. The molecular weight excluding hydrogens is 74.1 g/mol.